The van der Waals surface area contributed by atoms with Crippen LogP contribution in [0.25, 0.3) is 0 Å². The van der Waals surface area contributed by atoms with E-state index in [1.807, 2.05) is 60.4 Å². The van der Waals surface area contributed by atoms with Crippen molar-refractivity contribution in [1.82, 2.24) is 10.4 Å². The molecule has 1 N–H and O–H groups in total. The molecule has 2 aromatic rings. The van der Waals surface area contributed by atoms with Gasteiger partial charge in [-0.2, -0.15) is 0 Å². The van der Waals surface area contributed by atoms with Crippen LogP contribution in [-0.2, 0) is 4.84 Å². The van der Waals surface area contributed by atoms with E-state index in [0.29, 0.717) is 36.8 Å². The van der Waals surface area contributed by atoms with E-state index in [1.165, 1.54) is 0 Å². The number of halogens is 1. The van der Waals surface area contributed by atoms with Crippen LogP contribution in [0.3, 0.4) is 0 Å². The number of amidine groups is 1. The number of aryl methyl sites for hydroxylation is 1. The van der Waals surface area contributed by atoms with Crippen molar-refractivity contribution in [2.45, 2.75) is 25.5 Å². The van der Waals surface area contributed by atoms with E-state index in [1.54, 1.807) is 0 Å². The number of hydroxylamine groups is 1. The molecule has 1 saturated heterocycles. The number of hydrogen-bond donors (Lipinski definition) is 1. The molecular formula is C20H20ClN3O2. The maximum absolute atomic E-state index is 12.7. The first-order chi connectivity index (χ1) is 12.5. The molecule has 0 atom stereocenters. The lowest BCUT2D eigenvalue weighted by atomic mass is 10.00. The van der Waals surface area contributed by atoms with Gasteiger partial charge in [-0.15, -0.1) is 0 Å². The van der Waals surface area contributed by atoms with Gasteiger partial charge < -0.3 is 4.90 Å². The average molecular weight is 370 g/mol. The number of aliphatic imine (C=N–C) groups is 1. The summed E-state index contributed by atoms with van der Waals surface area (Å²) in [6, 6.07) is 15.2. The third-order valence-electron chi connectivity index (χ3n) is 4.90. The Morgan fingerprint density at radius 1 is 1.12 bits per heavy atom. The molecule has 134 valence electrons. The second-order valence-electron chi connectivity index (χ2n) is 6.78. The summed E-state index contributed by atoms with van der Waals surface area (Å²) in [5, 5.41) is 0.686. The molecule has 6 heteroatoms. The fourth-order valence-corrected chi connectivity index (χ4v) is 3.40. The zero-order chi connectivity index (χ0) is 18.1. The highest BCUT2D eigenvalue weighted by Gasteiger charge is 2.41. The van der Waals surface area contributed by atoms with E-state index < -0.39 is 5.72 Å². The molecule has 0 aromatic heterocycles. The first kappa shape index (κ1) is 17.1. The summed E-state index contributed by atoms with van der Waals surface area (Å²) < 4.78 is 0. The van der Waals surface area contributed by atoms with Crippen molar-refractivity contribution < 1.29 is 9.63 Å². The molecule has 2 aromatic carbocycles. The fourth-order valence-electron chi connectivity index (χ4n) is 3.28. The molecule has 1 amide bonds. The van der Waals surface area contributed by atoms with Crippen LogP contribution >= 0.6 is 11.6 Å². The standard InChI is InChI=1S/C20H20ClN3O2/c1-14-2-4-16(5-3-14)19(25)24-12-10-20(11-13-24)22-18(23-26-20)15-6-8-17(21)9-7-15/h2-9H,10-13H2,1H3,(H,22,23). The second kappa shape index (κ2) is 6.74. The largest absolute Gasteiger partial charge is 0.338 e. The molecule has 2 aliphatic heterocycles. The van der Waals surface area contributed by atoms with E-state index in [0.717, 1.165) is 16.7 Å². The lowest BCUT2D eigenvalue weighted by Crippen LogP contribution is -2.46. The molecule has 2 aliphatic rings. The number of carbonyl (C=O) groups is 1. The lowest BCUT2D eigenvalue weighted by molar-refractivity contribution is -0.0849. The summed E-state index contributed by atoms with van der Waals surface area (Å²) in [6.45, 7) is 3.25. The van der Waals surface area contributed by atoms with Crippen molar-refractivity contribution >= 4 is 23.3 Å². The molecule has 0 saturated carbocycles. The van der Waals surface area contributed by atoms with Crippen molar-refractivity contribution in [3.8, 4) is 0 Å². The number of hydrogen-bond acceptors (Lipinski definition) is 4. The highest BCUT2D eigenvalue weighted by molar-refractivity contribution is 6.30. The molecule has 2 heterocycles. The Morgan fingerprint density at radius 2 is 1.77 bits per heavy atom. The van der Waals surface area contributed by atoms with Crippen molar-refractivity contribution in [1.29, 1.82) is 0 Å². The van der Waals surface area contributed by atoms with E-state index in [4.69, 9.17) is 21.4 Å². The molecule has 4 rings (SSSR count). The summed E-state index contributed by atoms with van der Waals surface area (Å²) >= 11 is 5.94. The number of nitrogens with one attached hydrogen (secondary N) is 1. The minimum Gasteiger partial charge on any atom is -0.338 e. The number of nitrogens with zero attached hydrogens (tertiary/aromatic N) is 2. The van der Waals surface area contributed by atoms with Crippen molar-refractivity contribution in [2.24, 2.45) is 4.99 Å². The minimum atomic E-state index is -0.598. The SMILES string of the molecule is Cc1ccc(C(=O)N2CCC3(CC2)N=C(c2ccc(Cl)cc2)NO3)cc1. The highest BCUT2D eigenvalue weighted by atomic mass is 35.5. The Labute approximate surface area is 157 Å². The first-order valence-electron chi connectivity index (χ1n) is 8.70. The van der Waals surface area contributed by atoms with Crippen LogP contribution in [0.1, 0.15) is 34.3 Å². The van der Waals surface area contributed by atoms with Gasteiger partial charge in [0.2, 0.25) is 0 Å². The molecule has 0 aliphatic carbocycles. The van der Waals surface area contributed by atoms with Crippen molar-refractivity contribution in [3.63, 3.8) is 0 Å². The lowest BCUT2D eigenvalue weighted by Gasteiger charge is -2.35. The number of likely N-dealkylation sites (tertiary alicyclic amines) is 1. The second-order valence-corrected chi connectivity index (χ2v) is 7.21. The van der Waals surface area contributed by atoms with Gasteiger partial charge in [-0.05, 0) is 43.3 Å². The van der Waals surface area contributed by atoms with Gasteiger partial charge in [-0.25, -0.2) is 15.3 Å². The van der Waals surface area contributed by atoms with E-state index in [-0.39, 0.29) is 5.91 Å². The summed E-state index contributed by atoms with van der Waals surface area (Å²) in [5.74, 6) is 0.771. The Hall–Kier alpha value is -2.37. The van der Waals surface area contributed by atoms with Crippen LogP contribution in [0.15, 0.2) is 53.5 Å². The molecule has 5 nitrogen and oxygen atoms in total. The van der Waals surface area contributed by atoms with Gasteiger partial charge in [0, 0.05) is 42.1 Å². The maximum atomic E-state index is 12.7. The highest BCUT2D eigenvalue weighted by Crippen LogP contribution is 2.31. The van der Waals surface area contributed by atoms with Crippen molar-refractivity contribution in [3.05, 3.63) is 70.2 Å². The third-order valence-corrected chi connectivity index (χ3v) is 5.15. The predicted octanol–water partition coefficient (Wildman–Crippen LogP) is 3.56. The van der Waals surface area contributed by atoms with Gasteiger partial charge in [0.25, 0.3) is 5.91 Å². The molecular weight excluding hydrogens is 350 g/mol. The fraction of sp³-hybridized carbons (Fsp3) is 0.300. The van der Waals surface area contributed by atoms with Crippen LogP contribution in [0.4, 0.5) is 0 Å². The topological polar surface area (TPSA) is 53.9 Å². The number of benzene rings is 2. The monoisotopic (exact) mass is 369 g/mol. The van der Waals surface area contributed by atoms with Gasteiger partial charge in [-0.1, -0.05) is 29.3 Å². The van der Waals surface area contributed by atoms with Gasteiger partial charge in [-0.3, -0.25) is 4.79 Å². The molecule has 0 radical (unpaired) electrons. The van der Waals surface area contributed by atoms with Crippen LogP contribution in [-0.4, -0.2) is 35.5 Å². The summed E-state index contributed by atoms with van der Waals surface area (Å²) in [6.07, 6.45) is 1.32. The quantitative estimate of drug-likeness (QED) is 0.880. The van der Waals surface area contributed by atoms with Crippen LogP contribution in [0.2, 0.25) is 5.02 Å². The summed E-state index contributed by atoms with van der Waals surface area (Å²) in [5.41, 5.74) is 5.15. The van der Waals surface area contributed by atoms with Gasteiger partial charge in [0.15, 0.2) is 11.6 Å². The van der Waals surface area contributed by atoms with E-state index in [2.05, 4.69) is 5.48 Å². The zero-order valence-corrected chi connectivity index (χ0v) is 15.3. The Kier molecular flexibility index (Phi) is 4.42. The van der Waals surface area contributed by atoms with Crippen molar-refractivity contribution in [2.75, 3.05) is 13.1 Å². The molecule has 26 heavy (non-hydrogen) atoms. The Bertz CT molecular complexity index is 838. The van der Waals surface area contributed by atoms with Gasteiger partial charge in [0.1, 0.15) is 0 Å². The smallest absolute Gasteiger partial charge is 0.253 e. The number of rotatable bonds is 2. The molecule has 1 fully saturated rings. The maximum Gasteiger partial charge on any atom is 0.253 e. The summed E-state index contributed by atoms with van der Waals surface area (Å²) in [4.78, 5) is 25.1. The molecule has 0 bridgehead atoms. The zero-order valence-electron chi connectivity index (χ0n) is 14.5. The molecule has 0 unspecified atom stereocenters. The van der Waals surface area contributed by atoms with Crippen LogP contribution < -0.4 is 5.48 Å². The van der Waals surface area contributed by atoms with Gasteiger partial charge >= 0.3 is 0 Å². The van der Waals surface area contributed by atoms with E-state index >= 15 is 0 Å². The third kappa shape index (κ3) is 3.32. The first-order valence-corrected chi connectivity index (χ1v) is 9.08. The normalized spacial score (nSPS) is 18.5. The Morgan fingerprint density at radius 3 is 2.42 bits per heavy atom. The van der Waals surface area contributed by atoms with Gasteiger partial charge in [0.05, 0.1) is 0 Å². The predicted molar refractivity (Wildman–Crippen MR) is 101 cm³/mol. The minimum absolute atomic E-state index is 0.0627. The average Bonchev–Trinajstić information content (AvgIpc) is 3.07. The Balaban J connectivity index is 1.44. The van der Waals surface area contributed by atoms with Crippen LogP contribution in [0, 0.1) is 6.92 Å². The number of piperidine rings is 1. The number of amides is 1. The van der Waals surface area contributed by atoms with Crippen LogP contribution in [0.5, 0.6) is 0 Å². The van der Waals surface area contributed by atoms with E-state index in [9.17, 15) is 4.79 Å². The number of carbonyl (C=O) groups excluding carboxylic acids is 1. The summed E-state index contributed by atoms with van der Waals surface area (Å²) in [7, 11) is 0. The molecule has 1 spiro atoms.